The molecule has 0 saturated carbocycles. The van der Waals surface area contributed by atoms with Crippen molar-refractivity contribution in [3.8, 4) is 0 Å². The molecule has 43 heavy (non-hydrogen) atoms. The Hall–Kier alpha value is -3.75. The van der Waals surface area contributed by atoms with Crippen molar-refractivity contribution in [2.75, 3.05) is 36.0 Å². The maximum Gasteiger partial charge on any atom is 0.193 e. The van der Waals surface area contributed by atoms with Crippen LogP contribution in [-0.2, 0) is 13.1 Å². The van der Waals surface area contributed by atoms with Gasteiger partial charge >= 0.3 is 0 Å². The third-order valence-corrected chi connectivity index (χ3v) is 9.07. The molecule has 5 heterocycles. The first kappa shape index (κ1) is 29.3. The fraction of sp³-hybridized carbons (Fsp3) is 0.457. The largest absolute Gasteiger partial charge is 0.391 e. The molecule has 6 rings (SSSR count). The van der Waals surface area contributed by atoms with Crippen molar-refractivity contribution in [2.24, 2.45) is 0 Å². The van der Waals surface area contributed by atoms with E-state index in [4.69, 9.17) is 0 Å². The maximum absolute atomic E-state index is 14.1. The van der Waals surface area contributed by atoms with E-state index in [-0.39, 0.29) is 23.6 Å². The molecule has 1 N–H and O–H groups in total. The lowest BCUT2D eigenvalue weighted by Crippen LogP contribution is -2.48. The number of aliphatic hydroxyl groups excluding tert-OH is 1. The molecule has 3 aromatic heterocycles. The van der Waals surface area contributed by atoms with Crippen LogP contribution in [0, 0.1) is 13.8 Å². The Morgan fingerprint density at radius 1 is 0.930 bits per heavy atom. The lowest BCUT2D eigenvalue weighted by molar-refractivity contribution is 0.158. The molecule has 0 radical (unpaired) electrons. The van der Waals surface area contributed by atoms with E-state index in [9.17, 15) is 9.90 Å². The van der Waals surface area contributed by atoms with Crippen molar-refractivity contribution >= 4 is 22.3 Å². The van der Waals surface area contributed by atoms with Crippen LogP contribution in [-0.4, -0.2) is 62.9 Å². The fourth-order valence-electron chi connectivity index (χ4n) is 6.71. The van der Waals surface area contributed by atoms with Crippen LogP contribution in [0.4, 0.5) is 11.4 Å². The van der Waals surface area contributed by atoms with Gasteiger partial charge in [0.05, 0.1) is 23.5 Å². The molecule has 2 saturated heterocycles. The number of aromatic nitrogens is 3. The Kier molecular flexibility index (Phi) is 8.50. The molecule has 0 amide bonds. The minimum absolute atomic E-state index is 0.103. The van der Waals surface area contributed by atoms with Gasteiger partial charge in [0.1, 0.15) is 0 Å². The fourth-order valence-corrected chi connectivity index (χ4v) is 6.71. The first-order valence-electron chi connectivity index (χ1n) is 15.7. The molecule has 2 aliphatic rings. The van der Waals surface area contributed by atoms with Crippen molar-refractivity contribution in [3.63, 3.8) is 0 Å². The standard InChI is InChI=1S/C35H44N6O2/c1-24(2)41-21-28(35(43)33-10-9-29(17-34(33)41)39-15-12-32(42)23-39)20-40(19-27-11-13-36-26(4)16-27)31-6-5-14-38(22-31)30-8-7-25(3)37-18-30/h7-11,13,16-18,21,24,31-32,42H,5-6,12,14-15,19-20,22-23H2,1-4H3/t31-,32+/m0/s1. The molecule has 2 aliphatic heterocycles. The van der Waals surface area contributed by atoms with Gasteiger partial charge in [0.2, 0.25) is 0 Å². The number of hydrogen-bond acceptors (Lipinski definition) is 7. The average Bonchev–Trinajstić information content (AvgIpc) is 3.44. The Balaban J connectivity index is 1.35. The van der Waals surface area contributed by atoms with Crippen LogP contribution >= 0.6 is 0 Å². The molecule has 226 valence electrons. The number of hydrogen-bond donors (Lipinski definition) is 1. The predicted molar refractivity (Wildman–Crippen MR) is 174 cm³/mol. The molecule has 8 nitrogen and oxygen atoms in total. The summed E-state index contributed by atoms with van der Waals surface area (Å²) >= 11 is 0. The quantitative estimate of drug-likeness (QED) is 0.306. The van der Waals surface area contributed by atoms with E-state index < -0.39 is 0 Å². The number of aliphatic hydroxyl groups is 1. The highest BCUT2D eigenvalue weighted by Gasteiger charge is 2.28. The third kappa shape index (κ3) is 6.45. The summed E-state index contributed by atoms with van der Waals surface area (Å²) in [6.45, 7) is 13.1. The molecule has 2 fully saturated rings. The molecular formula is C35H44N6O2. The van der Waals surface area contributed by atoms with Gasteiger partial charge in [-0.05, 0) is 95.0 Å². The lowest BCUT2D eigenvalue weighted by atomic mass is 10.0. The highest BCUT2D eigenvalue weighted by atomic mass is 16.3. The minimum Gasteiger partial charge on any atom is -0.391 e. The predicted octanol–water partition coefficient (Wildman–Crippen LogP) is 5.23. The highest BCUT2D eigenvalue weighted by Crippen LogP contribution is 2.28. The Morgan fingerprint density at radius 3 is 2.47 bits per heavy atom. The van der Waals surface area contributed by atoms with E-state index in [2.05, 4.69) is 79.6 Å². The molecule has 0 unspecified atom stereocenters. The van der Waals surface area contributed by atoms with Crippen molar-refractivity contribution in [1.29, 1.82) is 0 Å². The maximum atomic E-state index is 14.1. The van der Waals surface area contributed by atoms with E-state index in [1.54, 1.807) is 0 Å². The molecule has 0 bridgehead atoms. The Labute approximate surface area is 254 Å². The normalized spacial score (nSPS) is 19.2. The zero-order valence-electron chi connectivity index (χ0n) is 25.9. The summed E-state index contributed by atoms with van der Waals surface area (Å²) in [5, 5.41) is 10.8. The highest BCUT2D eigenvalue weighted by molar-refractivity contribution is 5.83. The van der Waals surface area contributed by atoms with Crippen molar-refractivity contribution in [2.45, 2.75) is 78.2 Å². The van der Waals surface area contributed by atoms with Crippen LogP contribution in [0.25, 0.3) is 10.9 Å². The number of nitrogens with zero attached hydrogens (tertiary/aromatic N) is 6. The Morgan fingerprint density at radius 2 is 1.74 bits per heavy atom. The van der Waals surface area contributed by atoms with Crippen LogP contribution < -0.4 is 15.2 Å². The SMILES string of the molecule is Cc1ccc(N2CCC[C@H](N(Cc3ccnc(C)c3)Cc3cn(C(C)C)c4cc(N5CC[C@@H](O)C5)ccc4c3=O)C2)cn1. The van der Waals surface area contributed by atoms with E-state index >= 15 is 0 Å². The van der Waals surface area contributed by atoms with Gasteiger partial charge in [-0.15, -0.1) is 0 Å². The molecule has 1 aromatic carbocycles. The van der Waals surface area contributed by atoms with Gasteiger partial charge in [0.15, 0.2) is 5.43 Å². The molecular weight excluding hydrogens is 536 g/mol. The smallest absolute Gasteiger partial charge is 0.193 e. The van der Waals surface area contributed by atoms with Gasteiger partial charge in [-0.1, -0.05) is 0 Å². The summed E-state index contributed by atoms with van der Waals surface area (Å²) in [7, 11) is 0. The molecule has 4 aromatic rings. The summed E-state index contributed by atoms with van der Waals surface area (Å²) in [6.07, 6.45) is 8.61. The van der Waals surface area contributed by atoms with Gasteiger partial charge in [-0.3, -0.25) is 19.7 Å². The Bertz CT molecular complexity index is 1630. The van der Waals surface area contributed by atoms with Crippen LogP contribution in [0.2, 0.25) is 0 Å². The zero-order valence-corrected chi connectivity index (χ0v) is 25.9. The monoisotopic (exact) mass is 580 g/mol. The van der Waals surface area contributed by atoms with Crippen molar-refractivity contribution in [3.05, 3.63) is 93.8 Å². The number of aryl methyl sites for hydroxylation is 2. The molecule has 8 heteroatoms. The second kappa shape index (κ2) is 12.5. The zero-order chi connectivity index (χ0) is 30.1. The van der Waals surface area contributed by atoms with Gasteiger partial charge in [0.25, 0.3) is 0 Å². The number of rotatable bonds is 8. The van der Waals surface area contributed by atoms with Gasteiger partial charge < -0.3 is 19.5 Å². The van der Waals surface area contributed by atoms with Gasteiger partial charge in [0, 0.05) is 91.8 Å². The first-order chi connectivity index (χ1) is 20.7. The number of β-amino-alcohol motifs (C(OH)–C–C–N with tert-alkyl or cyclic N) is 1. The van der Waals surface area contributed by atoms with Gasteiger partial charge in [-0.25, -0.2) is 0 Å². The van der Waals surface area contributed by atoms with Crippen LogP contribution in [0.5, 0.6) is 0 Å². The van der Waals surface area contributed by atoms with E-state index in [0.717, 1.165) is 84.7 Å². The van der Waals surface area contributed by atoms with Crippen LogP contribution in [0.3, 0.4) is 0 Å². The molecule has 2 atom stereocenters. The topological polar surface area (TPSA) is 77.7 Å². The van der Waals surface area contributed by atoms with Crippen molar-refractivity contribution < 1.29 is 5.11 Å². The number of piperidine rings is 1. The lowest BCUT2D eigenvalue weighted by Gasteiger charge is -2.40. The van der Waals surface area contributed by atoms with E-state index in [1.807, 2.05) is 38.4 Å². The van der Waals surface area contributed by atoms with Crippen molar-refractivity contribution in [1.82, 2.24) is 19.4 Å². The number of pyridine rings is 3. The van der Waals surface area contributed by atoms with Crippen LogP contribution in [0.15, 0.2) is 65.8 Å². The second-order valence-electron chi connectivity index (χ2n) is 12.7. The summed E-state index contributed by atoms with van der Waals surface area (Å²) < 4.78 is 2.25. The number of fused-ring (bicyclic) bond motifs is 1. The van der Waals surface area contributed by atoms with Gasteiger partial charge in [-0.2, -0.15) is 0 Å². The summed E-state index contributed by atoms with van der Waals surface area (Å²) in [6, 6.07) is 15.1. The summed E-state index contributed by atoms with van der Waals surface area (Å²) in [5.41, 5.74) is 7.34. The number of benzene rings is 1. The third-order valence-electron chi connectivity index (χ3n) is 9.07. The molecule has 0 aliphatic carbocycles. The molecule has 0 spiro atoms. The van der Waals surface area contributed by atoms with Crippen LogP contribution in [0.1, 0.15) is 61.7 Å². The number of anilines is 2. The minimum atomic E-state index is -0.293. The summed E-state index contributed by atoms with van der Waals surface area (Å²) in [5.74, 6) is 0. The average molecular weight is 581 g/mol. The first-order valence-corrected chi connectivity index (χ1v) is 15.7. The second-order valence-corrected chi connectivity index (χ2v) is 12.7. The summed E-state index contributed by atoms with van der Waals surface area (Å²) in [4.78, 5) is 30.2. The van der Waals surface area contributed by atoms with E-state index in [0.29, 0.717) is 13.1 Å². The van der Waals surface area contributed by atoms with E-state index in [1.165, 1.54) is 5.56 Å².